The van der Waals surface area contributed by atoms with Gasteiger partial charge in [0, 0.05) is 44.2 Å². The second-order valence-corrected chi connectivity index (χ2v) is 8.10. The predicted molar refractivity (Wildman–Crippen MR) is 115 cm³/mol. The van der Waals surface area contributed by atoms with Crippen LogP contribution in [0.4, 0.5) is 5.82 Å². The highest BCUT2D eigenvalue weighted by atomic mass is 32.1. The fourth-order valence-electron chi connectivity index (χ4n) is 3.21. The van der Waals surface area contributed by atoms with Gasteiger partial charge >= 0.3 is 5.97 Å². The summed E-state index contributed by atoms with van der Waals surface area (Å²) in [6.45, 7) is 6.74. The number of carbonyl (C=O) groups excluding carboxylic acids is 3. The fraction of sp³-hybridized carbons (Fsp3) is 0.429. The van der Waals surface area contributed by atoms with E-state index in [1.807, 2.05) is 23.1 Å². The summed E-state index contributed by atoms with van der Waals surface area (Å²) < 4.78 is 4.99. The molecule has 1 saturated heterocycles. The standard InChI is InChI=1S/C21H26N4O4S/c1-3-29-21(28)16-5-8-19(23-13-16)24-9-4-10-25(12-11-24)20(27)18-7-6-17(30-18)14-22-15(2)26/h5-8,13H,3-4,9-12,14H2,1-2H3,(H,22,26). The molecule has 2 aromatic rings. The molecule has 2 aromatic heterocycles. The highest BCUT2D eigenvalue weighted by Crippen LogP contribution is 2.20. The molecular weight excluding hydrogens is 404 g/mol. The number of nitrogens with zero attached hydrogens (tertiary/aromatic N) is 3. The molecule has 2 amide bonds. The number of nitrogens with one attached hydrogen (secondary N) is 1. The Morgan fingerprint density at radius 3 is 2.67 bits per heavy atom. The van der Waals surface area contributed by atoms with Crippen molar-refractivity contribution in [1.29, 1.82) is 0 Å². The number of aromatic nitrogens is 1. The number of ether oxygens (including phenoxy) is 1. The lowest BCUT2D eigenvalue weighted by atomic mass is 10.2. The molecule has 0 aliphatic carbocycles. The molecule has 30 heavy (non-hydrogen) atoms. The predicted octanol–water partition coefficient (Wildman–Crippen LogP) is 2.31. The normalized spacial score (nSPS) is 14.2. The molecule has 0 aromatic carbocycles. The van der Waals surface area contributed by atoms with Gasteiger partial charge in [0.25, 0.3) is 5.91 Å². The number of anilines is 1. The van der Waals surface area contributed by atoms with Gasteiger partial charge in [-0.2, -0.15) is 0 Å². The molecule has 1 aliphatic heterocycles. The van der Waals surface area contributed by atoms with Crippen LogP contribution in [0.2, 0.25) is 0 Å². The zero-order chi connectivity index (χ0) is 21.5. The summed E-state index contributed by atoms with van der Waals surface area (Å²) in [7, 11) is 0. The van der Waals surface area contributed by atoms with E-state index in [1.54, 1.807) is 13.0 Å². The van der Waals surface area contributed by atoms with Crippen molar-refractivity contribution in [3.8, 4) is 0 Å². The van der Waals surface area contributed by atoms with E-state index in [2.05, 4.69) is 15.2 Å². The molecule has 3 heterocycles. The summed E-state index contributed by atoms with van der Waals surface area (Å²) in [5.41, 5.74) is 0.431. The molecule has 0 atom stereocenters. The third-order valence-corrected chi connectivity index (χ3v) is 5.82. The Hall–Kier alpha value is -2.94. The summed E-state index contributed by atoms with van der Waals surface area (Å²) in [4.78, 5) is 45.8. The molecule has 0 bridgehead atoms. The molecule has 0 radical (unpaired) electrons. The minimum atomic E-state index is -0.377. The average Bonchev–Trinajstić information content (AvgIpc) is 3.08. The van der Waals surface area contributed by atoms with Crippen LogP contribution >= 0.6 is 11.3 Å². The van der Waals surface area contributed by atoms with Crippen molar-refractivity contribution >= 4 is 34.9 Å². The maximum absolute atomic E-state index is 12.9. The van der Waals surface area contributed by atoms with Crippen molar-refractivity contribution in [3.63, 3.8) is 0 Å². The number of carbonyl (C=O) groups is 3. The summed E-state index contributed by atoms with van der Waals surface area (Å²) >= 11 is 1.41. The Bertz CT molecular complexity index is 897. The minimum absolute atomic E-state index is 0.0153. The van der Waals surface area contributed by atoms with E-state index in [-0.39, 0.29) is 17.8 Å². The number of pyridine rings is 1. The van der Waals surface area contributed by atoms with E-state index in [4.69, 9.17) is 4.74 Å². The van der Waals surface area contributed by atoms with Gasteiger partial charge in [-0.15, -0.1) is 11.3 Å². The number of amides is 2. The van der Waals surface area contributed by atoms with Crippen LogP contribution in [-0.4, -0.2) is 60.5 Å². The van der Waals surface area contributed by atoms with Crippen molar-refractivity contribution in [2.75, 3.05) is 37.7 Å². The first-order chi connectivity index (χ1) is 14.5. The SMILES string of the molecule is CCOC(=O)c1ccc(N2CCCN(C(=O)c3ccc(CNC(C)=O)s3)CC2)nc1. The summed E-state index contributed by atoms with van der Waals surface area (Å²) in [6.07, 6.45) is 2.36. The third kappa shape index (κ3) is 5.56. The van der Waals surface area contributed by atoms with Crippen molar-refractivity contribution < 1.29 is 19.1 Å². The van der Waals surface area contributed by atoms with E-state index in [0.717, 1.165) is 23.7 Å². The van der Waals surface area contributed by atoms with Crippen LogP contribution in [0.3, 0.4) is 0 Å². The molecule has 1 N–H and O–H groups in total. The van der Waals surface area contributed by atoms with E-state index in [0.29, 0.717) is 43.2 Å². The van der Waals surface area contributed by atoms with Crippen LogP contribution in [0.25, 0.3) is 0 Å². The Kier molecular flexibility index (Phi) is 7.40. The lowest BCUT2D eigenvalue weighted by Crippen LogP contribution is -2.35. The Morgan fingerprint density at radius 1 is 1.13 bits per heavy atom. The van der Waals surface area contributed by atoms with Crippen LogP contribution < -0.4 is 10.2 Å². The molecule has 8 nitrogen and oxygen atoms in total. The molecule has 1 fully saturated rings. The Morgan fingerprint density at radius 2 is 1.97 bits per heavy atom. The number of thiophene rings is 1. The first-order valence-corrected chi connectivity index (χ1v) is 10.8. The molecule has 0 saturated carbocycles. The molecule has 3 rings (SSSR count). The van der Waals surface area contributed by atoms with Crippen LogP contribution in [0.1, 0.15) is 45.2 Å². The topological polar surface area (TPSA) is 91.8 Å². The second kappa shape index (κ2) is 10.2. The quantitative estimate of drug-likeness (QED) is 0.707. The van der Waals surface area contributed by atoms with Crippen LogP contribution in [0.5, 0.6) is 0 Å². The largest absolute Gasteiger partial charge is 0.462 e. The fourth-order valence-corrected chi connectivity index (χ4v) is 4.13. The Labute approximate surface area is 179 Å². The second-order valence-electron chi connectivity index (χ2n) is 6.93. The van der Waals surface area contributed by atoms with Crippen molar-refractivity contribution in [1.82, 2.24) is 15.2 Å². The monoisotopic (exact) mass is 430 g/mol. The van der Waals surface area contributed by atoms with E-state index >= 15 is 0 Å². The molecule has 1 aliphatic rings. The lowest BCUT2D eigenvalue weighted by molar-refractivity contribution is -0.119. The minimum Gasteiger partial charge on any atom is -0.462 e. The van der Waals surface area contributed by atoms with Gasteiger partial charge in [0.15, 0.2) is 0 Å². The maximum atomic E-state index is 12.9. The zero-order valence-corrected chi connectivity index (χ0v) is 18.0. The molecule has 0 spiro atoms. The van der Waals surface area contributed by atoms with Gasteiger partial charge in [0.2, 0.25) is 5.91 Å². The number of rotatable bonds is 6. The summed E-state index contributed by atoms with van der Waals surface area (Å²) in [6, 6.07) is 7.24. The first kappa shape index (κ1) is 21.8. The van der Waals surface area contributed by atoms with Crippen LogP contribution in [0.15, 0.2) is 30.5 Å². The molecule has 9 heteroatoms. The molecule has 160 valence electrons. The summed E-state index contributed by atoms with van der Waals surface area (Å²) in [5.74, 6) is 0.332. The number of hydrogen-bond donors (Lipinski definition) is 1. The lowest BCUT2D eigenvalue weighted by Gasteiger charge is -2.22. The van der Waals surface area contributed by atoms with Gasteiger partial charge in [-0.05, 0) is 37.6 Å². The smallest absolute Gasteiger partial charge is 0.339 e. The van der Waals surface area contributed by atoms with Gasteiger partial charge in [0.05, 0.1) is 23.6 Å². The Balaban J connectivity index is 1.58. The highest BCUT2D eigenvalue weighted by molar-refractivity contribution is 7.14. The third-order valence-electron chi connectivity index (χ3n) is 4.75. The van der Waals surface area contributed by atoms with Crippen molar-refractivity contribution in [3.05, 3.63) is 45.8 Å². The zero-order valence-electron chi connectivity index (χ0n) is 17.2. The molecular formula is C21H26N4O4S. The molecule has 0 unspecified atom stereocenters. The van der Waals surface area contributed by atoms with Gasteiger partial charge in [-0.3, -0.25) is 9.59 Å². The highest BCUT2D eigenvalue weighted by Gasteiger charge is 2.22. The van der Waals surface area contributed by atoms with Crippen LogP contribution in [0, 0.1) is 0 Å². The van der Waals surface area contributed by atoms with Crippen molar-refractivity contribution in [2.24, 2.45) is 0 Å². The number of esters is 1. The van der Waals surface area contributed by atoms with E-state index < -0.39 is 0 Å². The summed E-state index contributed by atoms with van der Waals surface area (Å²) in [5, 5.41) is 2.75. The number of hydrogen-bond acceptors (Lipinski definition) is 7. The van der Waals surface area contributed by atoms with Gasteiger partial charge in [-0.1, -0.05) is 0 Å². The maximum Gasteiger partial charge on any atom is 0.339 e. The van der Waals surface area contributed by atoms with Gasteiger partial charge in [-0.25, -0.2) is 9.78 Å². The van der Waals surface area contributed by atoms with Gasteiger partial charge < -0.3 is 19.9 Å². The van der Waals surface area contributed by atoms with E-state index in [1.165, 1.54) is 24.5 Å². The van der Waals surface area contributed by atoms with Crippen LogP contribution in [-0.2, 0) is 16.1 Å². The van der Waals surface area contributed by atoms with Crippen molar-refractivity contribution in [2.45, 2.75) is 26.8 Å². The van der Waals surface area contributed by atoms with Gasteiger partial charge in [0.1, 0.15) is 5.82 Å². The average molecular weight is 431 g/mol. The van der Waals surface area contributed by atoms with E-state index in [9.17, 15) is 14.4 Å². The first-order valence-electron chi connectivity index (χ1n) is 9.98.